The van der Waals surface area contributed by atoms with Crippen molar-refractivity contribution < 1.29 is 52.4 Å². The number of hydrogen-bond donors (Lipinski definition) is 2. The molecule has 0 spiro atoms. The van der Waals surface area contributed by atoms with Crippen LogP contribution >= 0.6 is 0 Å². The predicted molar refractivity (Wildman–Crippen MR) is 161 cm³/mol. The fraction of sp³-hybridized carbons (Fsp3) is 0.812. The smallest absolute Gasteiger partial charge is 0.408 e. The summed E-state index contributed by atoms with van der Waals surface area (Å²) in [6.45, 7) is 15.1. The van der Waals surface area contributed by atoms with Crippen LogP contribution in [-0.2, 0) is 38.1 Å². The molecule has 0 aromatic rings. The van der Waals surface area contributed by atoms with E-state index in [9.17, 15) is 24.3 Å². The van der Waals surface area contributed by atoms with E-state index in [0.717, 1.165) is 0 Å². The Morgan fingerprint density at radius 1 is 1.11 bits per heavy atom. The first-order valence-electron chi connectivity index (χ1n) is 15.7. The minimum Gasteiger partial charge on any atom is -0.456 e. The zero-order valence-electron chi connectivity index (χ0n) is 27.9. The number of likely N-dealkylation sites (N-methyl/N-ethyl adjacent to an activating group) is 1. The van der Waals surface area contributed by atoms with E-state index in [-0.39, 0.29) is 37.4 Å². The Labute approximate surface area is 265 Å². The Bertz CT molecular complexity index is 1120. The molecule has 1 amide bonds. The molecule has 2 N–H and O–H groups in total. The average molecular weight is 643 g/mol. The monoisotopic (exact) mass is 642 g/mol. The molecule has 1 unspecified atom stereocenters. The van der Waals surface area contributed by atoms with Crippen molar-refractivity contribution in [3.8, 4) is 0 Å². The van der Waals surface area contributed by atoms with Crippen LogP contribution in [0, 0.1) is 17.8 Å². The molecule has 0 saturated carbocycles. The normalized spacial score (nSPS) is 43.6. The Morgan fingerprint density at radius 3 is 2.33 bits per heavy atom. The zero-order valence-corrected chi connectivity index (χ0v) is 27.9. The van der Waals surface area contributed by atoms with Crippen molar-refractivity contribution in [2.45, 2.75) is 128 Å². The number of nitrogens with one attached hydrogen (secondary N) is 1. The van der Waals surface area contributed by atoms with Gasteiger partial charge in [0.15, 0.2) is 17.7 Å². The number of alkyl halides is 1. The molecule has 3 aliphatic heterocycles. The minimum atomic E-state index is -2.71. The molecule has 3 aliphatic rings. The molecule has 12 nitrogen and oxygen atoms in total. The number of nitrogens with zero attached hydrogens (tertiary/aromatic N) is 1. The predicted octanol–water partition coefficient (Wildman–Crippen LogP) is 2.74. The van der Waals surface area contributed by atoms with Gasteiger partial charge in [-0.15, -0.1) is 6.58 Å². The van der Waals surface area contributed by atoms with Crippen molar-refractivity contribution in [1.82, 2.24) is 10.2 Å². The summed E-state index contributed by atoms with van der Waals surface area (Å²) in [6, 6.07) is -1.27. The topological polar surface area (TPSA) is 150 Å². The number of esters is 1. The summed E-state index contributed by atoms with van der Waals surface area (Å²) < 4.78 is 45.5. The summed E-state index contributed by atoms with van der Waals surface area (Å²) >= 11 is 0. The molecule has 3 saturated heterocycles. The third-order valence-corrected chi connectivity index (χ3v) is 9.67. The fourth-order valence-electron chi connectivity index (χ4n) is 7.17. The van der Waals surface area contributed by atoms with Crippen LogP contribution in [0.15, 0.2) is 12.7 Å². The highest BCUT2D eigenvalue weighted by atomic mass is 19.1. The van der Waals surface area contributed by atoms with Gasteiger partial charge >= 0.3 is 12.1 Å². The molecule has 0 aromatic carbocycles. The standard InChI is InChI=1S/C32H51FN2O10/c1-11-13-41-31(7)15-16(3)23(36)18(5)26-32(8,45-30(40)34-26)21(12-2)43-28(39)22(33)24(37)19(6)27(31)44-29-25(38)20(35(9)10)14-17(4)42-29/h11,16-22,25-27,29,38H,1,12-15H2,2-10H3,(H,34,40)/t16-,17-,18+,19+,20+,21-,22?,25-,26-,27-,29+,31+,32-/m1/s1. The Hall–Kier alpha value is -2.45. The van der Waals surface area contributed by atoms with Gasteiger partial charge in [-0.3, -0.25) is 9.59 Å². The lowest BCUT2D eigenvalue weighted by Crippen LogP contribution is -2.60. The molecule has 0 aromatic heterocycles. The first kappa shape index (κ1) is 37.0. The number of aliphatic hydroxyl groups is 1. The van der Waals surface area contributed by atoms with E-state index in [1.807, 2.05) is 25.9 Å². The first-order valence-corrected chi connectivity index (χ1v) is 15.7. The molecular formula is C32H51FN2O10. The number of alkyl carbamates (subject to hydrolysis) is 1. The lowest BCUT2D eigenvalue weighted by Gasteiger charge is -2.47. The van der Waals surface area contributed by atoms with Gasteiger partial charge in [-0.25, -0.2) is 14.0 Å². The molecule has 3 heterocycles. The summed E-state index contributed by atoms with van der Waals surface area (Å²) in [5.41, 5.74) is -2.97. The Kier molecular flexibility index (Phi) is 12.0. The molecule has 3 fully saturated rings. The van der Waals surface area contributed by atoms with Crippen LogP contribution in [0.4, 0.5) is 9.18 Å². The number of aliphatic hydroxyl groups excluding tert-OH is 1. The number of rotatable bonds is 7. The summed E-state index contributed by atoms with van der Waals surface area (Å²) in [5, 5.41) is 13.9. The summed E-state index contributed by atoms with van der Waals surface area (Å²) in [6.07, 6.45) is -6.56. The van der Waals surface area contributed by atoms with E-state index in [4.69, 9.17) is 23.7 Å². The molecule has 45 heavy (non-hydrogen) atoms. The van der Waals surface area contributed by atoms with Crippen molar-refractivity contribution in [1.29, 1.82) is 0 Å². The highest BCUT2D eigenvalue weighted by molar-refractivity contribution is 6.03. The third-order valence-electron chi connectivity index (χ3n) is 9.67. The maximum absolute atomic E-state index is 15.8. The number of ketones is 2. The van der Waals surface area contributed by atoms with Gasteiger partial charge < -0.3 is 39.0 Å². The van der Waals surface area contributed by atoms with E-state index in [2.05, 4.69) is 11.9 Å². The van der Waals surface area contributed by atoms with Gasteiger partial charge in [0.2, 0.25) is 0 Å². The van der Waals surface area contributed by atoms with Crippen LogP contribution in [0.3, 0.4) is 0 Å². The van der Waals surface area contributed by atoms with E-state index in [0.29, 0.717) is 6.42 Å². The number of Topliss-reactive ketones (excluding diaryl/α,β-unsaturated/α-hetero) is 2. The number of carbonyl (C=O) groups is 4. The van der Waals surface area contributed by atoms with Gasteiger partial charge in [0.25, 0.3) is 6.17 Å². The van der Waals surface area contributed by atoms with Crippen molar-refractivity contribution in [3.63, 3.8) is 0 Å². The van der Waals surface area contributed by atoms with Crippen molar-refractivity contribution in [3.05, 3.63) is 12.7 Å². The van der Waals surface area contributed by atoms with Crippen molar-refractivity contribution in [2.75, 3.05) is 20.7 Å². The first-order chi connectivity index (χ1) is 20.9. The molecule has 0 aliphatic carbocycles. The van der Waals surface area contributed by atoms with Gasteiger partial charge in [-0.05, 0) is 54.1 Å². The molecule has 256 valence electrons. The number of fused-ring (bicyclic) bond motifs is 1. The highest BCUT2D eigenvalue weighted by Crippen LogP contribution is 2.40. The van der Waals surface area contributed by atoms with Gasteiger partial charge in [-0.2, -0.15) is 0 Å². The van der Waals surface area contributed by atoms with Crippen LogP contribution in [0.25, 0.3) is 0 Å². The number of hydrogen-bond acceptors (Lipinski definition) is 11. The van der Waals surface area contributed by atoms with Crippen LogP contribution in [0.2, 0.25) is 0 Å². The zero-order chi connectivity index (χ0) is 34.0. The second kappa shape index (κ2) is 14.5. The van der Waals surface area contributed by atoms with Crippen molar-refractivity contribution in [2.24, 2.45) is 17.8 Å². The van der Waals surface area contributed by atoms with Crippen LogP contribution in [0.1, 0.15) is 67.7 Å². The number of ether oxygens (including phenoxy) is 5. The molecule has 3 rings (SSSR count). The van der Waals surface area contributed by atoms with Crippen LogP contribution in [-0.4, -0.2) is 115 Å². The molecule has 0 radical (unpaired) electrons. The Balaban J connectivity index is 2.14. The van der Waals surface area contributed by atoms with E-state index < -0.39 is 83.6 Å². The number of carbonyl (C=O) groups excluding carboxylic acids is 4. The van der Waals surface area contributed by atoms with Crippen LogP contribution < -0.4 is 5.32 Å². The second-order valence-electron chi connectivity index (χ2n) is 13.4. The number of cyclic esters (lactones) is 1. The Morgan fingerprint density at radius 2 is 1.76 bits per heavy atom. The highest BCUT2D eigenvalue weighted by Gasteiger charge is 2.57. The molecule has 13 heteroatoms. The molecular weight excluding hydrogens is 591 g/mol. The van der Waals surface area contributed by atoms with Gasteiger partial charge in [0, 0.05) is 23.8 Å². The van der Waals surface area contributed by atoms with Gasteiger partial charge in [-0.1, -0.05) is 33.8 Å². The minimum absolute atomic E-state index is 0.00137. The van der Waals surface area contributed by atoms with Crippen LogP contribution in [0.5, 0.6) is 0 Å². The summed E-state index contributed by atoms with van der Waals surface area (Å²) in [7, 11) is 3.63. The molecule has 13 atom stereocenters. The fourth-order valence-corrected chi connectivity index (χ4v) is 7.17. The maximum Gasteiger partial charge on any atom is 0.408 e. The third kappa shape index (κ3) is 7.59. The average Bonchev–Trinajstić information content (AvgIpc) is 3.30. The maximum atomic E-state index is 15.8. The van der Waals surface area contributed by atoms with E-state index in [1.165, 1.54) is 19.9 Å². The number of halogens is 1. The van der Waals surface area contributed by atoms with E-state index >= 15 is 4.39 Å². The SMILES string of the molecule is C=CCO[C@@]1(C)C[C@@H](C)C(=O)[C@H](C)[C@H]2NC(=O)O[C@]2(C)[C@@H](CC)OC(=O)C(F)C(=O)[C@H](C)[C@H]1O[C@@H]1O[C@H](C)C[C@H](N(C)C)[C@H]1O. The molecule has 0 bridgehead atoms. The quantitative estimate of drug-likeness (QED) is 0.240. The second-order valence-corrected chi connectivity index (χ2v) is 13.4. The van der Waals surface area contributed by atoms with Gasteiger partial charge in [0.05, 0.1) is 30.5 Å². The van der Waals surface area contributed by atoms with Gasteiger partial charge in [0.1, 0.15) is 18.0 Å². The summed E-state index contributed by atoms with van der Waals surface area (Å²) in [5.74, 6) is -5.70. The number of amides is 1. The lowest BCUT2D eigenvalue weighted by molar-refractivity contribution is -0.296. The summed E-state index contributed by atoms with van der Waals surface area (Å²) in [4.78, 5) is 55.2. The van der Waals surface area contributed by atoms with Crippen molar-refractivity contribution >= 4 is 23.6 Å². The lowest BCUT2D eigenvalue weighted by atomic mass is 9.74. The largest absolute Gasteiger partial charge is 0.456 e. The van der Waals surface area contributed by atoms with E-state index in [1.54, 1.807) is 27.7 Å².